The Balaban J connectivity index is 0.000000531. The Kier molecular flexibility index (Phi) is 11.6. The lowest BCUT2D eigenvalue weighted by atomic mass is 9.96. The summed E-state index contributed by atoms with van der Waals surface area (Å²) in [6, 6.07) is 11.7. The molecule has 37 heavy (non-hydrogen) atoms. The van der Waals surface area contributed by atoms with Gasteiger partial charge >= 0.3 is 0 Å². The molecular formula is C29H32Cl2N4O2. The van der Waals surface area contributed by atoms with Gasteiger partial charge in [0.15, 0.2) is 11.4 Å². The summed E-state index contributed by atoms with van der Waals surface area (Å²) in [5.41, 5.74) is 6.51. The molecule has 1 aliphatic rings. The molecule has 4 rings (SSSR count). The Morgan fingerprint density at radius 3 is 2.32 bits per heavy atom. The SMILES string of the molecule is CC.CC(C)=C(C)Cl.Cc1c(Cc2ccc(-c3cnc(C#N)cn3)cc2)cc2c(c1Cl)OCCNC2=O. The lowest BCUT2D eigenvalue weighted by molar-refractivity contribution is 0.0957. The number of ether oxygens (including phenoxy) is 1. The molecule has 2 aromatic carbocycles. The number of hydrogen-bond acceptors (Lipinski definition) is 5. The third-order valence-corrected chi connectivity index (χ3v) is 6.38. The third kappa shape index (κ3) is 8.04. The van der Waals surface area contributed by atoms with Crippen LogP contribution in [0.4, 0.5) is 0 Å². The third-order valence-electron chi connectivity index (χ3n) is 5.55. The normalized spacial score (nSPS) is 11.6. The molecule has 0 atom stereocenters. The van der Waals surface area contributed by atoms with E-state index in [0.717, 1.165) is 27.3 Å². The van der Waals surface area contributed by atoms with Crippen LogP contribution in [0.1, 0.15) is 67.4 Å². The highest BCUT2D eigenvalue weighted by molar-refractivity contribution is 6.33. The van der Waals surface area contributed by atoms with E-state index in [-0.39, 0.29) is 11.6 Å². The zero-order chi connectivity index (χ0) is 27.5. The van der Waals surface area contributed by atoms with Crippen molar-refractivity contribution < 1.29 is 9.53 Å². The van der Waals surface area contributed by atoms with E-state index in [1.807, 2.05) is 77.9 Å². The van der Waals surface area contributed by atoms with Crippen LogP contribution in [-0.2, 0) is 6.42 Å². The number of nitriles is 1. The Bertz CT molecular complexity index is 1280. The number of carbonyl (C=O) groups excluding carboxylic acids is 1. The lowest BCUT2D eigenvalue weighted by Crippen LogP contribution is -2.24. The highest BCUT2D eigenvalue weighted by Gasteiger charge is 2.22. The Morgan fingerprint density at radius 2 is 1.78 bits per heavy atom. The largest absolute Gasteiger partial charge is 0.489 e. The van der Waals surface area contributed by atoms with E-state index in [2.05, 4.69) is 15.3 Å². The summed E-state index contributed by atoms with van der Waals surface area (Å²) in [5.74, 6) is 0.285. The smallest absolute Gasteiger partial charge is 0.255 e. The monoisotopic (exact) mass is 538 g/mol. The van der Waals surface area contributed by atoms with Crippen molar-refractivity contribution in [2.24, 2.45) is 0 Å². The van der Waals surface area contributed by atoms with Gasteiger partial charge in [-0.25, -0.2) is 4.98 Å². The van der Waals surface area contributed by atoms with Crippen LogP contribution >= 0.6 is 23.2 Å². The number of nitrogens with zero attached hydrogens (tertiary/aromatic N) is 3. The average Bonchev–Trinajstić information content (AvgIpc) is 3.10. The summed E-state index contributed by atoms with van der Waals surface area (Å²) in [6.45, 7) is 12.7. The van der Waals surface area contributed by atoms with Gasteiger partial charge < -0.3 is 10.1 Å². The molecule has 0 fully saturated rings. The van der Waals surface area contributed by atoms with Crippen LogP contribution in [0, 0.1) is 18.3 Å². The second kappa shape index (κ2) is 14.4. The number of allylic oxidation sites excluding steroid dienone is 2. The molecule has 6 nitrogen and oxygen atoms in total. The van der Waals surface area contributed by atoms with Crippen LogP contribution in [-0.4, -0.2) is 29.0 Å². The predicted molar refractivity (Wildman–Crippen MR) is 150 cm³/mol. The Hall–Kier alpha value is -3.40. The van der Waals surface area contributed by atoms with Crippen molar-refractivity contribution in [3.05, 3.63) is 86.3 Å². The molecule has 8 heteroatoms. The summed E-state index contributed by atoms with van der Waals surface area (Å²) >= 11 is 12.0. The molecule has 194 valence electrons. The maximum atomic E-state index is 12.3. The standard InChI is InChI=1S/C22H17ClN4O2.C5H9Cl.C2H6/c1-13-16(9-18-21(20(13)23)29-7-6-25-22(18)28)8-14-2-4-15(5-3-14)19-12-26-17(10-24)11-27-19;1-4(2)5(3)6;1-2/h2-5,9,11-12H,6-8H2,1H3,(H,25,28);1-3H3;1-2H3. The first-order valence-electron chi connectivity index (χ1n) is 12.0. The zero-order valence-corrected chi connectivity index (χ0v) is 23.6. The fraction of sp³-hybridized carbons (Fsp3) is 0.310. The van der Waals surface area contributed by atoms with Crippen molar-refractivity contribution >= 4 is 29.1 Å². The van der Waals surface area contributed by atoms with Gasteiger partial charge in [0.05, 0.1) is 35.2 Å². The van der Waals surface area contributed by atoms with E-state index in [0.29, 0.717) is 41.6 Å². The first-order chi connectivity index (χ1) is 17.7. The van der Waals surface area contributed by atoms with E-state index < -0.39 is 0 Å². The van der Waals surface area contributed by atoms with Crippen LogP contribution in [0.5, 0.6) is 5.75 Å². The summed E-state index contributed by atoms with van der Waals surface area (Å²) in [5, 5.41) is 13.0. The molecule has 1 aromatic heterocycles. The highest BCUT2D eigenvalue weighted by Crippen LogP contribution is 2.36. The fourth-order valence-corrected chi connectivity index (χ4v) is 3.51. The molecule has 0 unspecified atom stereocenters. The first kappa shape index (κ1) is 29.8. The molecule has 1 N–H and O–H groups in total. The van der Waals surface area contributed by atoms with Crippen LogP contribution in [0.3, 0.4) is 0 Å². The van der Waals surface area contributed by atoms with Crippen molar-refractivity contribution in [1.29, 1.82) is 5.26 Å². The number of amides is 1. The van der Waals surface area contributed by atoms with Crippen LogP contribution in [0.2, 0.25) is 5.02 Å². The quantitative estimate of drug-likeness (QED) is 0.379. The Labute approximate surface area is 229 Å². The van der Waals surface area contributed by atoms with Crippen molar-refractivity contribution in [1.82, 2.24) is 15.3 Å². The molecule has 1 amide bonds. The zero-order valence-electron chi connectivity index (χ0n) is 22.1. The van der Waals surface area contributed by atoms with Gasteiger partial charge in [-0.2, -0.15) is 5.26 Å². The topological polar surface area (TPSA) is 87.9 Å². The molecule has 0 spiro atoms. The fourth-order valence-electron chi connectivity index (χ4n) is 3.23. The number of carbonyl (C=O) groups is 1. The van der Waals surface area contributed by atoms with Gasteiger partial charge in [-0.05, 0) is 56.9 Å². The van der Waals surface area contributed by atoms with E-state index in [1.165, 1.54) is 11.8 Å². The van der Waals surface area contributed by atoms with Gasteiger partial charge in [0.25, 0.3) is 5.91 Å². The van der Waals surface area contributed by atoms with Crippen LogP contribution < -0.4 is 10.1 Å². The molecule has 0 aliphatic carbocycles. The number of benzene rings is 2. The Morgan fingerprint density at radius 1 is 1.14 bits per heavy atom. The molecule has 0 saturated carbocycles. The molecule has 0 bridgehead atoms. The maximum absolute atomic E-state index is 12.3. The summed E-state index contributed by atoms with van der Waals surface area (Å²) in [4.78, 5) is 20.7. The number of hydrogen-bond donors (Lipinski definition) is 1. The van der Waals surface area contributed by atoms with Crippen LogP contribution in [0.15, 0.2) is 53.3 Å². The number of fused-ring (bicyclic) bond motifs is 1. The second-order valence-electron chi connectivity index (χ2n) is 8.26. The van der Waals surface area contributed by atoms with E-state index in [1.54, 1.807) is 6.20 Å². The molecule has 1 aliphatic heterocycles. The van der Waals surface area contributed by atoms with Gasteiger partial charge in [-0.3, -0.25) is 9.78 Å². The van der Waals surface area contributed by atoms with E-state index in [9.17, 15) is 4.79 Å². The summed E-state index contributed by atoms with van der Waals surface area (Å²) < 4.78 is 5.67. The molecule has 0 radical (unpaired) electrons. The van der Waals surface area contributed by atoms with Gasteiger partial charge in [0.2, 0.25) is 0 Å². The highest BCUT2D eigenvalue weighted by atomic mass is 35.5. The van der Waals surface area contributed by atoms with E-state index in [4.69, 9.17) is 33.2 Å². The minimum atomic E-state index is -0.171. The predicted octanol–water partition coefficient (Wildman–Crippen LogP) is 7.26. The molecular weight excluding hydrogens is 507 g/mol. The maximum Gasteiger partial charge on any atom is 0.255 e. The molecule has 2 heterocycles. The second-order valence-corrected chi connectivity index (χ2v) is 9.21. The number of aromatic nitrogens is 2. The van der Waals surface area contributed by atoms with Gasteiger partial charge in [-0.1, -0.05) is 66.9 Å². The lowest BCUT2D eigenvalue weighted by Gasteiger charge is -2.15. The van der Waals surface area contributed by atoms with Crippen molar-refractivity contribution in [3.63, 3.8) is 0 Å². The number of nitrogens with one attached hydrogen (secondary N) is 1. The van der Waals surface area contributed by atoms with Gasteiger partial charge in [-0.15, -0.1) is 0 Å². The number of rotatable bonds is 3. The first-order valence-corrected chi connectivity index (χ1v) is 12.8. The molecule has 3 aromatic rings. The van der Waals surface area contributed by atoms with Crippen LogP contribution in [0.25, 0.3) is 11.3 Å². The van der Waals surface area contributed by atoms with Gasteiger partial charge in [0.1, 0.15) is 12.7 Å². The average molecular weight is 540 g/mol. The minimum Gasteiger partial charge on any atom is -0.489 e. The van der Waals surface area contributed by atoms with Crippen molar-refractivity contribution in [2.45, 2.75) is 48.0 Å². The van der Waals surface area contributed by atoms with Crippen molar-refractivity contribution in [2.75, 3.05) is 13.2 Å². The summed E-state index contributed by atoms with van der Waals surface area (Å²) in [7, 11) is 0. The summed E-state index contributed by atoms with van der Waals surface area (Å²) in [6.07, 6.45) is 3.67. The van der Waals surface area contributed by atoms with Crippen molar-refractivity contribution in [3.8, 4) is 23.1 Å². The van der Waals surface area contributed by atoms with E-state index >= 15 is 0 Å². The van der Waals surface area contributed by atoms with Gasteiger partial charge in [0, 0.05) is 10.6 Å². The minimum absolute atomic E-state index is 0.171. The molecule has 0 saturated heterocycles. The number of halogens is 2.